The minimum atomic E-state index is 0.595. The van der Waals surface area contributed by atoms with Crippen LogP contribution in [0.2, 0.25) is 5.02 Å². The molecule has 0 saturated carbocycles. The molecule has 4 heteroatoms. The van der Waals surface area contributed by atoms with Crippen molar-refractivity contribution < 1.29 is 0 Å². The van der Waals surface area contributed by atoms with E-state index in [1.54, 1.807) is 6.07 Å². The van der Waals surface area contributed by atoms with E-state index < -0.39 is 0 Å². The molecule has 0 aliphatic carbocycles. The SMILES string of the molecule is Clc1cnnc(-c2ccc(Br)cc2)c1. The van der Waals surface area contributed by atoms with Crippen LogP contribution in [0, 0.1) is 0 Å². The van der Waals surface area contributed by atoms with Crippen LogP contribution in [-0.4, -0.2) is 10.2 Å². The summed E-state index contributed by atoms with van der Waals surface area (Å²) in [6.07, 6.45) is 1.52. The van der Waals surface area contributed by atoms with Gasteiger partial charge < -0.3 is 0 Å². The quantitative estimate of drug-likeness (QED) is 0.791. The highest BCUT2D eigenvalue weighted by atomic mass is 79.9. The Balaban J connectivity index is 2.44. The van der Waals surface area contributed by atoms with E-state index in [1.165, 1.54) is 6.20 Å². The Hall–Kier alpha value is -0.930. The van der Waals surface area contributed by atoms with Crippen LogP contribution in [0.4, 0.5) is 0 Å². The molecule has 0 aliphatic rings. The van der Waals surface area contributed by atoms with Crippen molar-refractivity contribution >= 4 is 27.5 Å². The first-order valence-corrected chi connectivity index (χ1v) is 5.17. The van der Waals surface area contributed by atoms with Crippen LogP contribution in [0.15, 0.2) is 41.0 Å². The zero-order chi connectivity index (χ0) is 9.97. The first-order valence-electron chi connectivity index (χ1n) is 4.00. The minimum absolute atomic E-state index is 0.595. The molecule has 1 heterocycles. The Morgan fingerprint density at radius 3 is 2.50 bits per heavy atom. The van der Waals surface area contributed by atoms with E-state index in [1.807, 2.05) is 24.3 Å². The average molecular weight is 270 g/mol. The van der Waals surface area contributed by atoms with E-state index in [9.17, 15) is 0 Å². The molecule has 0 atom stereocenters. The topological polar surface area (TPSA) is 25.8 Å². The van der Waals surface area contributed by atoms with Gasteiger partial charge in [0.05, 0.1) is 16.9 Å². The van der Waals surface area contributed by atoms with Crippen molar-refractivity contribution in [2.45, 2.75) is 0 Å². The summed E-state index contributed by atoms with van der Waals surface area (Å²) in [6.45, 7) is 0. The number of aromatic nitrogens is 2. The maximum Gasteiger partial charge on any atom is 0.0944 e. The number of halogens is 2. The third-order valence-electron chi connectivity index (χ3n) is 1.76. The summed E-state index contributed by atoms with van der Waals surface area (Å²) < 4.78 is 1.04. The predicted octanol–water partition coefficient (Wildman–Crippen LogP) is 3.56. The summed E-state index contributed by atoms with van der Waals surface area (Å²) in [5.41, 5.74) is 1.79. The standard InChI is InChI=1S/C10H6BrClN2/c11-8-3-1-7(2-4-8)10-5-9(12)6-13-14-10/h1-6H. The molecule has 0 unspecified atom stereocenters. The summed E-state index contributed by atoms with van der Waals surface area (Å²) in [4.78, 5) is 0. The normalized spacial score (nSPS) is 10.1. The Morgan fingerprint density at radius 1 is 1.14 bits per heavy atom. The molecule has 70 valence electrons. The van der Waals surface area contributed by atoms with E-state index in [0.29, 0.717) is 5.02 Å². The fraction of sp³-hybridized carbons (Fsp3) is 0. The van der Waals surface area contributed by atoms with Crippen LogP contribution >= 0.6 is 27.5 Å². The lowest BCUT2D eigenvalue weighted by Crippen LogP contribution is -1.86. The summed E-state index contributed by atoms with van der Waals surface area (Å²) in [5, 5.41) is 8.37. The molecule has 0 spiro atoms. The zero-order valence-electron chi connectivity index (χ0n) is 7.11. The Labute approximate surface area is 95.1 Å². The molecular formula is C10H6BrClN2. The van der Waals surface area contributed by atoms with Crippen molar-refractivity contribution in [2.24, 2.45) is 0 Å². The molecule has 2 rings (SSSR count). The van der Waals surface area contributed by atoms with Crippen LogP contribution in [0.1, 0.15) is 0 Å². The monoisotopic (exact) mass is 268 g/mol. The highest BCUT2D eigenvalue weighted by Crippen LogP contribution is 2.21. The van der Waals surface area contributed by atoms with E-state index in [-0.39, 0.29) is 0 Å². The van der Waals surface area contributed by atoms with Gasteiger partial charge >= 0.3 is 0 Å². The molecule has 0 amide bonds. The maximum absolute atomic E-state index is 5.81. The van der Waals surface area contributed by atoms with Crippen molar-refractivity contribution in [3.63, 3.8) is 0 Å². The van der Waals surface area contributed by atoms with Gasteiger partial charge in [-0.2, -0.15) is 10.2 Å². The predicted molar refractivity (Wildman–Crippen MR) is 60.2 cm³/mol. The second-order valence-electron chi connectivity index (χ2n) is 2.77. The molecular weight excluding hydrogens is 263 g/mol. The number of nitrogens with zero attached hydrogens (tertiary/aromatic N) is 2. The molecule has 0 saturated heterocycles. The van der Waals surface area contributed by atoms with Gasteiger partial charge in [0.2, 0.25) is 0 Å². The number of hydrogen-bond acceptors (Lipinski definition) is 2. The smallest absolute Gasteiger partial charge is 0.0944 e. The van der Waals surface area contributed by atoms with Gasteiger partial charge in [0.1, 0.15) is 0 Å². The molecule has 2 nitrogen and oxygen atoms in total. The van der Waals surface area contributed by atoms with Gasteiger partial charge in [0.25, 0.3) is 0 Å². The molecule has 0 radical (unpaired) electrons. The number of rotatable bonds is 1. The summed E-state index contributed by atoms with van der Waals surface area (Å²) in [7, 11) is 0. The largest absolute Gasteiger partial charge is 0.157 e. The third kappa shape index (κ3) is 2.11. The van der Waals surface area contributed by atoms with Crippen LogP contribution in [0.3, 0.4) is 0 Å². The van der Waals surface area contributed by atoms with Crippen molar-refractivity contribution in [1.82, 2.24) is 10.2 Å². The maximum atomic E-state index is 5.81. The Bertz CT molecular complexity index is 442. The summed E-state index contributed by atoms with van der Waals surface area (Å²) >= 11 is 9.18. The molecule has 0 bridgehead atoms. The molecule has 0 aliphatic heterocycles. The first-order chi connectivity index (χ1) is 6.75. The van der Waals surface area contributed by atoms with Gasteiger partial charge in [-0.25, -0.2) is 0 Å². The fourth-order valence-corrected chi connectivity index (χ4v) is 1.52. The van der Waals surface area contributed by atoms with Gasteiger partial charge in [-0.05, 0) is 18.2 Å². The highest BCUT2D eigenvalue weighted by molar-refractivity contribution is 9.10. The van der Waals surface area contributed by atoms with Crippen LogP contribution in [-0.2, 0) is 0 Å². The van der Waals surface area contributed by atoms with Crippen molar-refractivity contribution in [1.29, 1.82) is 0 Å². The zero-order valence-corrected chi connectivity index (χ0v) is 9.46. The van der Waals surface area contributed by atoms with Crippen LogP contribution in [0.5, 0.6) is 0 Å². The van der Waals surface area contributed by atoms with Gasteiger partial charge in [-0.15, -0.1) is 0 Å². The molecule has 0 N–H and O–H groups in total. The number of benzene rings is 1. The van der Waals surface area contributed by atoms with Crippen LogP contribution in [0.25, 0.3) is 11.3 Å². The third-order valence-corrected chi connectivity index (χ3v) is 2.50. The number of hydrogen-bond donors (Lipinski definition) is 0. The van der Waals surface area contributed by atoms with Gasteiger partial charge in [-0.3, -0.25) is 0 Å². The summed E-state index contributed by atoms with van der Waals surface area (Å²) in [6, 6.07) is 9.63. The Morgan fingerprint density at radius 2 is 1.86 bits per heavy atom. The van der Waals surface area contributed by atoms with E-state index in [4.69, 9.17) is 11.6 Å². The molecule has 14 heavy (non-hydrogen) atoms. The lowest BCUT2D eigenvalue weighted by Gasteiger charge is -1.99. The van der Waals surface area contributed by atoms with Crippen molar-refractivity contribution in [3.05, 3.63) is 46.0 Å². The molecule has 1 aromatic carbocycles. The van der Waals surface area contributed by atoms with E-state index >= 15 is 0 Å². The highest BCUT2D eigenvalue weighted by Gasteiger charge is 2.00. The molecule has 2 aromatic rings. The van der Waals surface area contributed by atoms with Gasteiger partial charge in [0.15, 0.2) is 0 Å². The van der Waals surface area contributed by atoms with Gasteiger partial charge in [0, 0.05) is 10.0 Å². The lowest BCUT2D eigenvalue weighted by molar-refractivity contribution is 1.04. The van der Waals surface area contributed by atoms with Gasteiger partial charge in [-0.1, -0.05) is 39.7 Å². The second kappa shape index (κ2) is 4.07. The Kier molecular flexibility index (Phi) is 2.79. The van der Waals surface area contributed by atoms with E-state index in [0.717, 1.165) is 15.7 Å². The lowest BCUT2D eigenvalue weighted by atomic mass is 10.1. The van der Waals surface area contributed by atoms with E-state index in [2.05, 4.69) is 26.1 Å². The minimum Gasteiger partial charge on any atom is -0.157 e. The average Bonchev–Trinajstić information content (AvgIpc) is 2.19. The molecule has 0 fully saturated rings. The van der Waals surface area contributed by atoms with Crippen molar-refractivity contribution in [2.75, 3.05) is 0 Å². The van der Waals surface area contributed by atoms with Crippen LogP contribution < -0.4 is 0 Å². The fourth-order valence-electron chi connectivity index (χ4n) is 1.10. The first kappa shape index (κ1) is 9.62. The van der Waals surface area contributed by atoms with Crippen molar-refractivity contribution in [3.8, 4) is 11.3 Å². The second-order valence-corrected chi connectivity index (χ2v) is 4.12. The molecule has 1 aromatic heterocycles. The summed E-state index contributed by atoms with van der Waals surface area (Å²) in [5.74, 6) is 0.